The number of ether oxygens (including phenoxy) is 1. The van der Waals surface area contributed by atoms with Crippen LogP contribution in [0.5, 0.6) is 0 Å². The van der Waals surface area contributed by atoms with E-state index in [9.17, 15) is 9.90 Å². The lowest BCUT2D eigenvalue weighted by molar-refractivity contribution is -0.135. The maximum atomic E-state index is 12.6. The van der Waals surface area contributed by atoms with Crippen LogP contribution in [0.1, 0.15) is 36.2 Å². The Morgan fingerprint density at radius 1 is 1.50 bits per heavy atom. The molecule has 0 aromatic carbocycles. The van der Waals surface area contributed by atoms with E-state index in [1.54, 1.807) is 7.11 Å². The molecule has 0 unspecified atom stereocenters. The summed E-state index contributed by atoms with van der Waals surface area (Å²) in [6.45, 7) is 5.95. The molecule has 1 aromatic heterocycles. The summed E-state index contributed by atoms with van der Waals surface area (Å²) in [5, 5.41) is 16.9. The van der Waals surface area contributed by atoms with E-state index in [1.165, 1.54) is 0 Å². The van der Waals surface area contributed by atoms with Gasteiger partial charge in [-0.05, 0) is 33.1 Å². The van der Waals surface area contributed by atoms with Crippen molar-refractivity contribution in [3.63, 3.8) is 0 Å². The Morgan fingerprint density at radius 2 is 2.27 bits per heavy atom. The molecule has 0 aliphatic carbocycles. The van der Waals surface area contributed by atoms with E-state index in [-0.39, 0.29) is 17.9 Å². The molecule has 0 spiro atoms. The lowest BCUT2D eigenvalue weighted by Gasteiger charge is -2.42. The molecule has 0 bridgehead atoms. The zero-order chi connectivity index (χ0) is 16.2. The third-order valence-corrected chi connectivity index (χ3v) is 4.79. The molecule has 2 heterocycles. The number of amides is 1. The first kappa shape index (κ1) is 17.0. The predicted octanol–water partition coefficient (Wildman–Crippen LogP) is 1.21. The number of hydrogen-bond acceptors (Lipinski definition) is 4. The fraction of sp³-hybridized carbons (Fsp3) is 0.750. The highest BCUT2D eigenvalue weighted by molar-refractivity contribution is 5.79. The van der Waals surface area contributed by atoms with Gasteiger partial charge in [-0.1, -0.05) is 0 Å². The van der Waals surface area contributed by atoms with Crippen LogP contribution in [-0.2, 0) is 16.0 Å². The number of nitrogens with one attached hydrogen (secondary N) is 1. The van der Waals surface area contributed by atoms with Crippen molar-refractivity contribution >= 4 is 5.91 Å². The molecule has 124 valence electrons. The number of H-pyrrole nitrogens is 1. The average molecular weight is 309 g/mol. The Kier molecular flexibility index (Phi) is 5.58. The topological polar surface area (TPSA) is 78.5 Å². The van der Waals surface area contributed by atoms with Gasteiger partial charge in [0.05, 0.1) is 18.7 Å². The molecule has 2 rings (SSSR count). The first-order valence-corrected chi connectivity index (χ1v) is 7.89. The van der Waals surface area contributed by atoms with Crippen LogP contribution in [0, 0.1) is 19.3 Å². The largest absolute Gasteiger partial charge is 0.396 e. The molecule has 0 radical (unpaired) electrons. The van der Waals surface area contributed by atoms with Gasteiger partial charge in [0.1, 0.15) is 0 Å². The number of methoxy groups -OCH3 is 1. The number of aromatic amines is 1. The van der Waals surface area contributed by atoms with Gasteiger partial charge in [-0.15, -0.1) is 0 Å². The zero-order valence-corrected chi connectivity index (χ0v) is 13.8. The van der Waals surface area contributed by atoms with Crippen molar-refractivity contribution in [3.05, 3.63) is 17.0 Å². The van der Waals surface area contributed by atoms with E-state index < -0.39 is 0 Å². The Balaban J connectivity index is 2.03. The molecular weight excluding hydrogens is 282 g/mol. The average Bonchev–Trinajstić information content (AvgIpc) is 2.85. The number of rotatable bonds is 6. The van der Waals surface area contributed by atoms with Crippen molar-refractivity contribution in [2.45, 2.75) is 39.5 Å². The van der Waals surface area contributed by atoms with Crippen LogP contribution in [0.15, 0.2) is 0 Å². The van der Waals surface area contributed by atoms with E-state index >= 15 is 0 Å². The Bertz CT molecular complexity index is 495. The van der Waals surface area contributed by atoms with Crippen LogP contribution in [0.2, 0.25) is 0 Å². The fourth-order valence-electron chi connectivity index (χ4n) is 3.25. The number of carbonyl (C=O) groups is 1. The van der Waals surface area contributed by atoms with E-state index in [2.05, 4.69) is 10.2 Å². The second-order valence-electron chi connectivity index (χ2n) is 6.41. The van der Waals surface area contributed by atoms with Gasteiger partial charge < -0.3 is 14.7 Å². The van der Waals surface area contributed by atoms with Crippen LogP contribution in [0.25, 0.3) is 0 Å². The van der Waals surface area contributed by atoms with Gasteiger partial charge in [0.2, 0.25) is 5.91 Å². The minimum Gasteiger partial charge on any atom is -0.396 e. The van der Waals surface area contributed by atoms with Gasteiger partial charge in [0, 0.05) is 43.5 Å². The van der Waals surface area contributed by atoms with Gasteiger partial charge in [0.15, 0.2) is 0 Å². The monoisotopic (exact) mass is 309 g/mol. The lowest BCUT2D eigenvalue weighted by atomic mass is 9.78. The minimum atomic E-state index is -0.218. The molecular formula is C16H27N3O3. The third kappa shape index (κ3) is 3.67. The second kappa shape index (κ2) is 7.24. The van der Waals surface area contributed by atoms with Gasteiger partial charge in [-0.2, -0.15) is 5.10 Å². The van der Waals surface area contributed by atoms with Crippen molar-refractivity contribution in [1.82, 2.24) is 15.1 Å². The van der Waals surface area contributed by atoms with Crippen LogP contribution in [0.3, 0.4) is 0 Å². The van der Waals surface area contributed by atoms with Crippen LogP contribution < -0.4 is 0 Å². The van der Waals surface area contributed by atoms with E-state index in [0.29, 0.717) is 19.6 Å². The summed E-state index contributed by atoms with van der Waals surface area (Å²) in [7, 11) is 1.67. The Hall–Kier alpha value is -1.40. The zero-order valence-electron chi connectivity index (χ0n) is 13.8. The number of aromatic nitrogens is 2. The number of aliphatic hydroxyl groups is 1. The Labute approximate surface area is 131 Å². The molecule has 1 aliphatic rings. The fourth-order valence-corrected chi connectivity index (χ4v) is 3.25. The van der Waals surface area contributed by atoms with Crippen LogP contribution in [0.4, 0.5) is 0 Å². The lowest BCUT2D eigenvalue weighted by Crippen LogP contribution is -2.48. The summed E-state index contributed by atoms with van der Waals surface area (Å²) < 4.78 is 5.16. The van der Waals surface area contributed by atoms with Crippen molar-refractivity contribution in [2.75, 3.05) is 33.4 Å². The molecule has 1 aromatic rings. The first-order valence-electron chi connectivity index (χ1n) is 7.89. The SMILES string of the molecule is COCC[C@@]1(CO)CCCN(C(=O)Cc2c(C)n[nH]c2C)C1. The molecule has 1 saturated heterocycles. The molecule has 1 atom stereocenters. The highest BCUT2D eigenvalue weighted by Crippen LogP contribution is 2.33. The van der Waals surface area contributed by atoms with Crippen molar-refractivity contribution in [3.8, 4) is 0 Å². The molecule has 6 nitrogen and oxygen atoms in total. The van der Waals surface area contributed by atoms with Crippen molar-refractivity contribution in [1.29, 1.82) is 0 Å². The van der Waals surface area contributed by atoms with Crippen LogP contribution >= 0.6 is 0 Å². The molecule has 1 fully saturated rings. The predicted molar refractivity (Wildman–Crippen MR) is 83.6 cm³/mol. The highest BCUT2D eigenvalue weighted by atomic mass is 16.5. The number of carbonyl (C=O) groups excluding carboxylic acids is 1. The number of hydrogen-bond donors (Lipinski definition) is 2. The van der Waals surface area contributed by atoms with Gasteiger partial charge in [0.25, 0.3) is 0 Å². The highest BCUT2D eigenvalue weighted by Gasteiger charge is 2.36. The van der Waals surface area contributed by atoms with Gasteiger partial charge in [-0.25, -0.2) is 0 Å². The number of aryl methyl sites for hydroxylation is 2. The normalized spacial score (nSPS) is 22.1. The van der Waals surface area contributed by atoms with E-state index in [1.807, 2.05) is 18.7 Å². The third-order valence-electron chi connectivity index (χ3n) is 4.79. The smallest absolute Gasteiger partial charge is 0.227 e. The van der Waals surface area contributed by atoms with E-state index in [4.69, 9.17) is 4.74 Å². The quantitative estimate of drug-likeness (QED) is 0.828. The maximum absolute atomic E-state index is 12.6. The van der Waals surface area contributed by atoms with Crippen molar-refractivity contribution < 1.29 is 14.6 Å². The molecule has 0 saturated carbocycles. The van der Waals surface area contributed by atoms with Crippen LogP contribution in [-0.4, -0.2) is 59.5 Å². The summed E-state index contributed by atoms with van der Waals surface area (Å²) >= 11 is 0. The number of aliphatic hydroxyl groups excluding tert-OH is 1. The standard InChI is InChI=1S/C16H27N3O3/c1-12-14(13(2)18-17-12)9-15(21)19-7-4-5-16(10-19,11-20)6-8-22-3/h20H,4-11H2,1-3H3,(H,17,18)/t16-/m0/s1. The van der Waals surface area contributed by atoms with E-state index in [0.717, 1.165) is 42.8 Å². The molecule has 2 N–H and O–H groups in total. The molecule has 6 heteroatoms. The van der Waals surface area contributed by atoms with Crippen molar-refractivity contribution in [2.24, 2.45) is 5.41 Å². The molecule has 1 aliphatic heterocycles. The molecule has 22 heavy (non-hydrogen) atoms. The number of nitrogens with zero attached hydrogens (tertiary/aromatic N) is 2. The minimum absolute atomic E-state index is 0.101. The number of piperidine rings is 1. The van der Waals surface area contributed by atoms with Gasteiger partial charge >= 0.3 is 0 Å². The number of likely N-dealkylation sites (tertiary alicyclic amines) is 1. The summed E-state index contributed by atoms with van der Waals surface area (Å²) in [6.07, 6.45) is 3.03. The summed E-state index contributed by atoms with van der Waals surface area (Å²) in [5.74, 6) is 0.113. The summed E-state index contributed by atoms with van der Waals surface area (Å²) in [6, 6.07) is 0. The maximum Gasteiger partial charge on any atom is 0.227 e. The second-order valence-corrected chi connectivity index (χ2v) is 6.41. The van der Waals surface area contributed by atoms with Gasteiger partial charge in [-0.3, -0.25) is 9.89 Å². The molecule has 1 amide bonds. The summed E-state index contributed by atoms with van der Waals surface area (Å²) in [5.41, 5.74) is 2.61. The first-order chi connectivity index (χ1) is 10.5. The Morgan fingerprint density at radius 3 is 2.86 bits per heavy atom. The summed E-state index contributed by atoms with van der Waals surface area (Å²) in [4.78, 5) is 14.5.